The lowest BCUT2D eigenvalue weighted by molar-refractivity contribution is 0.260. The standard InChI is InChI=1S/C14H19N3S/c1-2-7-17(10-13-8-16-11-18-13)9-12-5-3-4-6-14(12)15/h3-6,8,11H,2,7,9-10,15H2,1H3. The number of thiazole rings is 1. The second-order valence-corrected chi connectivity index (χ2v) is 5.35. The third-order valence-corrected chi connectivity index (χ3v) is 3.62. The lowest BCUT2D eigenvalue weighted by Gasteiger charge is -2.21. The van der Waals surface area contributed by atoms with Gasteiger partial charge < -0.3 is 5.73 Å². The van der Waals surface area contributed by atoms with Gasteiger partial charge in [-0.1, -0.05) is 25.1 Å². The zero-order valence-electron chi connectivity index (χ0n) is 10.7. The summed E-state index contributed by atoms with van der Waals surface area (Å²) in [6.45, 7) is 5.13. The van der Waals surface area contributed by atoms with Crippen molar-refractivity contribution in [1.29, 1.82) is 0 Å². The van der Waals surface area contributed by atoms with Crippen LogP contribution in [0, 0.1) is 0 Å². The maximum atomic E-state index is 6.00. The molecule has 0 spiro atoms. The van der Waals surface area contributed by atoms with Crippen LogP contribution in [0.1, 0.15) is 23.8 Å². The van der Waals surface area contributed by atoms with Crippen LogP contribution in [0.5, 0.6) is 0 Å². The average Bonchev–Trinajstić information content (AvgIpc) is 2.85. The average molecular weight is 261 g/mol. The van der Waals surface area contributed by atoms with E-state index in [9.17, 15) is 0 Å². The molecule has 0 amide bonds. The summed E-state index contributed by atoms with van der Waals surface area (Å²) in [5, 5.41) is 0. The fourth-order valence-corrected chi connectivity index (χ4v) is 2.63. The highest BCUT2D eigenvalue weighted by atomic mass is 32.1. The summed E-state index contributed by atoms with van der Waals surface area (Å²) >= 11 is 1.71. The monoisotopic (exact) mass is 261 g/mol. The minimum atomic E-state index is 0.878. The maximum absolute atomic E-state index is 6.00. The molecule has 0 aliphatic heterocycles. The molecular weight excluding hydrogens is 242 g/mol. The van der Waals surface area contributed by atoms with Crippen LogP contribution in [0.25, 0.3) is 0 Å². The number of hydrogen-bond donors (Lipinski definition) is 1. The highest BCUT2D eigenvalue weighted by molar-refractivity contribution is 7.09. The topological polar surface area (TPSA) is 42.2 Å². The van der Waals surface area contributed by atoms with Crippen LogP contribution in [0.2, 0.25) is 0 Å². The molecule has 0 aliphatic carbocycles. The molecule has 96 valence electrons. The van der Waals surface area contributed by atoms with E-state index in [-0.39, 0.29) is 0 Å². The molecule has 1 heterocycles. The Kier molecular flexibility index (Phi) is 4.73. The van der Waals surface area contributed by atoms with Crippen LogP contribution < -0.4 is 5.73 Å². The van der Waals surface area contributed by atoms with Crippen molar-refractivity contribution in [2.75, 3.05) is 12.3 Å². The second kappa shape index (κ2) is 6.52. The van der Waals surface area contributed by atoms with Gasteiger partial charge in [0.1, 0.15) is 0 Å². The third-order valence-electron chi connectivity index (χ3n) is 2.85. The van der Waals surface area contributed by atoms with Gasteiger partial charge >= 0.3 is 0 Å². The Labute approximate surface area is 112 Å². The Balaban J connectivity index is 2.04. The molecule has 0 radical (unpaired) electrons. The molecule has 0 atom stereocenters. The summed E-state index contributed by atoms with van der Waals surface area (Å²) in [5.74, 6) is 0. The van der Waals surface area contributed by atoms with Crippen molar-refractivity contribution >= 4 is 17.0 Å². The number of nitrogen functional groups attached to an aromatic ring is 1. The van der Waals surface area contributed by atoms with Gasteiger partial charge in [0.2, 0.25) is 0 Å². The van der Waals surface area contributed by atoms with Crippen LogP contribution in [0.4, 0.5) is 5.69 Å². The van der Waals surface area contributed by atoms with Gasteiger partial charge in [0.05, 0.1) is 5.51 Å². The van der Waals surface area contributed by atoms with Crippen LogP contribution >= 0.6 is 11.3 Å². The first-order chi connectivity index (χ1) is 8.79. The van der Waals surface area contributed by atoms with E-state index in [1.54, 1.807) is 11.3 Å². The number of anilines is 1. The van der Waals surface area contributed by atoms with Crippen LogP contribution in [0.15, 0.2) is 36.0 Å². The van der Waals surface area contributed by atoms with Gasteiger partial charge in [-0.05, 0) is 24.6 Å². The van der Waals surface area contributed by atoms with E-state index < -0.39 is 0 Å². The van der Waals surface area contributed by atoms with Crippen LogP contribution in [-0.4, -0.2) is 16.4 Å². The Hall–Kier alpha value is -1.39. The van der Waals surface area contributed by atoms with E-state index in [1.807, 2.05) is 29.9 Å². The molecular formula is C14H19N3S. The third kappa shape index (κ3) is 3.55. The number of aromatic nitrogens is 1. The summed E-state index contributed by atoms with van der Waals surface area (Å²) in [6.07, 6.45) is 3.09. The molecule has 0 saturated carbocycles. The highest BCUT2D eigenvalue weighted by Gasteiger charge is 2.08. The highest BCUT2D eigenvalue weighted by Crippen LogP contribution is 2.17. The van der Waals surface area contributed by atoms with Crippen LogP contribution in [-0.2, 0) is 13.1 Å². The Morgan fingerprint density at radius 3 is 2.78 bits per heavy atom. The largest absolute Gasteiger partial charge is 0.398 e. The van der Waals surface area contributed by atoms with E-state index in [1.165, 1.54) is 10.4 Å². The predicted molar refractivity (Wildman–Crippen MR) is 77.4 cm³/mol. The minimum absolute atomic E-state index is 0.878. The molecule has 18 heavy (non-hydrogen) atoms. The predicted octanol–water partition coefficient (Wildman–Crippen LogP) is 3.14. The molecule has 0 aliphatic rings. The van der Waals surface area contributed by atoms with Gasteiger partial charge in [0.15, 0.2) is 0 Å². The van der Waals surface area contributed by atoms with E-state index >= 15 is 0 Å². The van der Waals surface area contributed by atoms with Crippen molar-refractivity contribution in [1.82, 2.24) is 9.88 Å². The number of hydrogen-bond acceptors (Lipinski definition) is 4. The smallest absolute Gasteiger partial charge is 0.0794 e. The van der Waals surface area contributed by atoms with Gasteiger partial charge in [-0.25, -0.2) is 0 Å². The molecule has 0 bridgehead atoms. The SMILES string of the molecule is CCCN(Cc1cncs1)Cc1ccccc1N. The van der Waals surface area contributed by atoms with Crippen molar-refractivity contribution in [3.05, 3.63) is 46.4 Å². The molecule has 1 aromatic carbocycles. The lowest BCUT2D eigenvalue weighted by atomic mass is 10.1. The molecule has 2 N–H and O–H groups in total. The zero-order valence-corrected chi connectivity index (χ0v) is 11.5. The first-order valence-electron chi connectivity index (χ1n) is 6.22. The van der Waals surface area contributed by atoms with Gasteiger partial charge in [-0.3, -0.25) is 9.88 Å². The lowest BCUT2D eigenvalue weighted by Crippen LogP contribution is -2.23. The number of benzene rings is 1. The van der Waals surface area contributed by atoms with Gasteiger partial charge in [0, 0.05) is 29.9 Å². The first-order valence-corrected chi connectivity index (χ1v) is 7.10. The summed E-state index contributed by atoms with van der Waals surface area (Å²) in [5.41, 5.74) is 9.97. The molecule has 4 heteroatoms. The van der Waals surface area contributed by atoms with Crippen molar-refractivity contribution in [2.24, 2.45) is 0 Å². The number of nitrogens with two attached hydrogens (primary N) is 1. The number of nitrogens with zero attached hydrogens (tertiary/aromatic N) is 2. The minimum Gasteiger partial charge on any atom is -0.398 e. The fourth-order valence-electron chi connectivity index (χ4n) is 1.99. The summed E-state index contributed by atoms with van der Waals surface area (Å²) in [7, 11) is 0. The van der Waals surface area contributed by atoms with Gasteiger partial charge in [0.25, 0.3) is 0 Å². The summed E-state index contributed by atoms with van der Waals surface area (Å²) in [4.78, 5) is 7.85. The molecule has 3 nitrogen and oxygen atoms in total. The van der Waals surface area contributed by atoms with E-state index in [4.69, 9.17) is 5.73 Å². The van der Waals surface area contributed by atoms with Crippen molar-refractivity contribution in [3.8, 4) is 0 Å². The van der Waals surface area contributed by atoms with E-state index in [0.717, 1.165) is 31.7 Å². The molecule has 2 rings (SSSR count). The van der Waals surface area contributed by atoms with E-state index in [2.05, 4.69) is 22.9 Å². The maximum Gasteiger partial charge on any atom is 0.0794 e. The van der Waals surface area contributed by atoms with Gasteiger partial charge in [-0.15, -0.1) is 11.3 Å². The zero-order chi connectivity index (χ0) is 12.8. The van der Waals surface area contributed by atoms with Gasteiger partial charge in [-0.2, -0.15) is 0 Å². The normalized spacial score (nSPS) is 11.0. The van der Waals surface area contributed by atoms with Crippen molar-refractivity contribution < 1.29 is 0 Å². The molecule has 2 aromatic rings. The quantitative estimate of drug-likeness (QED) is 0.812. The van der Waals surface area contributed by atoms with Crippen molar-refractivity contribution in [3.63, 3.8) is 0 Å². The van der Waals surface area contributed by atoms with E-state index in [0.29, 0.717) is 0 Å². The Bertz CT molecular complexity index is 468. The Morgan fingerprint density at radius 1 is 1.28 bits per heavy atom. The van der Waals surface area contributed by atoms with Crippen LogP contribution in [0.3, 0.4) is 0 Å². The van der Waals surface area contributed by atoms with Crippen molar-refractivity contribution in [2.45, 2.75) is 26.4 Å². The molecule has 0 saturated heterocycles. The number of para-hydroxylation sites is 1. The molecule has 1 aromatic heterocycles. The first kappa shape index (κ1) is 13.1. The molecule has 0 unspecified atom stereocenters. The fraction of sp³-hybridized carbons (Fsp3) is 0.357. The summed E-state index contributed by atoms with van der Waals surface area (Å²) in [6, 6.07) is 8.09. The number of rotatable bonds is 6. The molecule has 0 fully saturated rings. The Morgan fingerprint density at radius 2 is 2.11 bits per heavy atom. The second-order valence-electron chi connectivity index (χ2n) is 4.38. The summed E-state index contributed by atoms with van der Waals surface area (Å²) < 4.78 is 0.